The molecule has 0 aliphatic carbocycles. The third-order valence-electron chi connectivity index (χ3n) is 11.3. The number of piperidine rings is 2. The number of carbonyl (C=O) groups is 2. The van der Waals surface area contributed by atoms with Crippen LogP contribution >= 0.6 is 11.6 Å². The summed E-state index contributed by atoms with van der Waals surface area (Å²) in [7, 11) is 3.20. The average Bonchev–Trinajstić information content (AvgIpc) is 3.65. The number of amides is 2. The molecule has 1 N–H and O–H groups in total. The molecule has 2 aliphatic rings. The summed E-state index contributed by atoms with van der Waals surface area (Å²) < 4.78 is 40.4. The smallest absolute Gasteiger partial charge is 0.410 e. The number of fused-ring (bicyclic) bond motifs is 3. The Balaban J connectivity index is 0.000000206. The minimum absolute atomic E-state index is 0.250. The van der Waals surface area contributed by atoms with Crippen molar-refractivity contribution >= 4 is 56.5 Å². The van der Waals surface area contributed by atoms with Gasteiger partial charge in [-0.15, -0.1) is 0 Å². The lowest BCUT2D eigenvalue weighted by atomic mass is 9.98. The highest BCUT2D eigenvalue weighted by molar-refractivity contribution is 6.34. The summed E-state index contributed by atoms with van der Waals surface area (Å²) in [6.45, 7) is 17.0. The molecule has 0 radical (unpaired) electrons. The number of hydrogen-bond donors (Lipinski definition) is 1. The maximum absolute atomic E-state index is 12.3. The van der Waals surface area contributed by atoms with Crippen LogP contribution in [0.4, 0.5) is 9.59 Å². The predicted molar refractivity (Wildman–Crippen MR) is 252 cm³/mol. The van der Waals surface area contributed by atoms with Gasteiger partial charge in [0.25, 0.3) is 0 Å². The summed E-state index contributed by atoms with van der Waals surface area (Å²) in [5, 5.41) is 2.93. The number of H-pyrrole nitrogens is 1. The van der Waals surface area contributed by atoms with Gasteiger partial charge in [0.1, 0.15) is 34.8 Å². The Morgan fingerprint density at radius 3 is 1.68 bits per heavy atom. The van der Waals surface area contributed by atoms with E-state index in [1.54, 1.807) is 30.1 Å². The minimum Gasteiger partial charge on any atom is -0.493 e. The summed E-state index contributed by atoms with van der Waals surface area (Å²) in [6.07, 6.45) is 7.81. The number of aromatic nitrogens is 5. The summed E-state index contributed by atoms with van der Waals surface area (Å²) in [5.74, 6) is 4.23. The predicted octanol–water partition coefficient (Wildman–Crippen LogP) is 10.6. The van der Waals surface area contributed by atoms with Crippen molar-refractivity contribution in [2.75, 3.05) is 53.6 Å². The van der Waals surface area contributed by atoms with Gasteiger partial charge in [-0.25, -0.2) is 29.5 Å². The SMILES string of the molecule is COc1cc2c(Cl)ncnc2cc1OCC1CCN(C(=O)OC(C)(C)C)CC1.COc1cc2c(Oc3ccc4[nH]cc(C)c4c3)ncnc2cc1OCC1CCN(C(=O)OC(C)(C)C)CC1. The first kappa shape index (κ1) is 47.7. The quantitative estimate of drug-likeness (QED) is 0.129. The number of nitrogens with one attached hydrogen (secondary N) is 1. The first-order valence-electron chi connectivity index (χ1n) is 22.2. The summed E-state index contributed by atoms with van der Waals surface area (Å²) in [6, 6.07) is 13.2. The molecule has 5 heterocycles. The first-order chi connectivity index (χ1) is 31.5. The van der Waals surface area contributed by atoms with Crippen molar-refractivity contribution in [1.82, 2.24) is 34.7 Å². The molecule has 0 bridgehead atoms. The van der Waals surface area contributed by atoms with E-state index in [2.05, 4.69) is 31.8 Å². The molecule has 16 nitrogen and oxygen atoms in total. The van der Waals surface area contributed by atoms with Crippen LogP contribution in [0.2, 0.25) is 5.15 Å². The number of hydrogen-bond acceptors (Lipinski definition) is 13. The maximum Gasteiger partial charge on any atom is 0.410 e. The zero-order chi connectivity index (χ0) is 47.2. The number of halogens is 1. The number of nitrogens with zero attached hydrogens (tertiary/aromatic N) is 6. The second-order valence-electron chi connectivity index (χ2n) is 18.6. The second kappa shape index (κ2) is 20.5. The van der Waals surface area contributed by atoms with Crippen LogP contribution in [0.15, 0.2) is 61.3 Å². The summed E-state index contributed by atoms with van der Waals surface area (Å²) in [4.78, 5) is 48.3. The van der Waals surface area contributed by atoms with Gasteiger partial charge in [0.05, 0.1) is 43.9 Å². The number of benzene rings is 3. The molecule has 66 heavy (non-hydrogen) atoms. The van der Waals surface area contributed by atoms with Gasteiger partial charge in [-0.05, 0) is 122 Å². The number of carbonyl (C=O) groups excluding carboxylic acids is 2. The number of aromatic amines is 1. The van der Waals surface area contributed by atoms with Gasteiger partial charge in [-0.1, -0.05) is 11.6 Å². The molecule has 2 fully saturated rings. The molecule has 8 rings (SSSR count). The molecule has 0 atom stereocenters. The van der Waals surface area contributed by atoms with Crippen molar-refractivity contribution < 1.29 is 42.7 Å². The van der Waals surface area contributed by atoms with Crippen LogP contribution in [-0.2, 0) is 9.47 Å². The van der Waals surface area contributed by atoms with E-state index in [9.17, 15) is 9.59 Å². The fourth-order valence-corrected chi connectivity index (χ4v) is 7.94. The first-order valence-corrected chi connectivity index (χ1v) is 22.6. The lowest BCUT2D eigenvalue weighted by Gasteiger charge is -2.33. The average molecular weight is 927 g/mol. The molecular formula is C49H60ClN7O9. The third kappa shape index (κ3) is 12.1. The van der Waals surface area contributed by atoms with Crippen molar-refractivity contribution in [3.05, 3.63) is 72.0 Å². The van der Waals surface area contributed by atoms with Crippen LogP contribution in [0, 0.1) is 18.8 Å². The highest BCUT2D eigenvalue weighted by atomic mass is 35.5. The van der Waals surface area contributed by atoms with Crippen molar-refractivity contribution in [3.8, 4) is 34.6 Å². The van der Waals surface area contributed by atoms with Crippen LogP contribution in [0.3, 0.4) is 0 Å². The van der Waals surface area contributed by atoms with Gasteiger partial charge in [-0.3, -0.25) is 0 Å². The molecule has 352 valence electrons. The Morgan fingerprint density at radius 1 is 0.667 bits per heavy atom. The van der Waals surface area contributed by atoms with Crippen molar-refractivity contribution in [2.24, 2.45) is 11.8 Å². The summed E-state index contributed by atoms with van der Waals surface area (Å²) in [5.41, 5.74) is 2.64. The van der Waals surface area contributed by atoms with Crippen molar-refractivity contribution in [2.45, 2.75) is 85.4 Å². The minimum atomic E-state index is -0.493. The van der Waals surface area contributed by atoms with Gasteiger partial charge in [0.15, 0.2) is 23.0 Å². The Labute approximate surface area is 390 Å². The maximum atomic E-state index is 12.3. The number of ether oxygens (including phenoxy) is 7. The van der Waals surface area contributed by atoms with E-state index in [4.69, 9.17) is 44.8 Å². The highest BCUT2D eigenvalue weighted by Crippen LogP contribution is 2.38. The molecule has 3 aromatic heterocycles. The van der Waals surface area contributed by atoms with Crippen molar-refractivity contribution in [1.29, 1.82) is 0 Å². The van der Waals surface area contributed by atoms with E-state index >= 15 is 0 Å². The normalized spacial score (nSPS) is 15.0. The van der Waals surface area contributed by atoms with Crippen LogP contribution < -0.4 is 23.7 Å². The van der Waals surface area contributed by atoms with E-state index in [1.807, 2.05) is 84.1 Å². The topological polar surface area (TPSA) is 173 Å². The Morgan fingerprint density at radius 2 is 1.17 bits per heavy atom. The molecular weight excluding hydrogens is 866 g/mol. The lowest BCUT2D eigenvalue weighted by Crippen LogP contribution is -2.42. The molecule has 2 aliphatic heterocycles. The van der Waals surface area contributed by atoms with Crippen LogP contribution in [0.1, 0.15) is 72.8 Å². The number of likely N-dealkylation sites (tertiary alicyclic amines) is 2. The van der Waals surface area contributed by atoms with E-state index in [0.717, 1.165) is 52.9 Å². The third-order valence-corrected chi connectivity index (χ3v) is 11.6. The summed E-state index contributed by atoms with van der Waals surface area (Å²) >= 11 is 6.13. The molecule has 3 aromatic carbocycles. The van der Waals surface area contributed by atoms with Crippen LogP contribution in [0.5, 0.6) is 34.6 Å². The fraction of sp³-hybridized carbons (Fsp3) is 0.469. The van der Waals surface area contributed by atoms with Crippen LogP contribution in [0.25, 0.3) is 32.7 Å². The van der Waals surface area contributed by atoms with E-state index in [0.29, 0.717) is 102 Å². The van der Waals surface area contributed by atoms with Gasteiger partial charge in [0.2, 0.25) is 5.88 Å². The monoisotopic (exact) mass is 925 g/mol. The van der Waals surface area contributed by atoms with E-state index in [1.165, 1.54) is 12.7 Å². The largest absolute Gasteiger partial charge is 0.493 e. The molecule has 17 heteroatoms. The Kier molecular flexibility index (Phi) is 14.8. The van der Waals surface area contributed by atoms with Crippen molar-refractivity contribution in [3.63, 3.8) is 0 Å². The van der Waals surface area contributed by atoms with Gasteiger partial charge >= 0.3 is 12.2 Å². The highest BCUT2D eigenvalue weighted by Gasteiger charge is 2.29. The van der Waals surface area contributed by atoms with Gasteiger partial charge in [-0.2, -0.15) is 0 Å². The van der Waals surface area contributed by atoms with Gasteiger partial charge < -0.3 is 47.9 Å². The van der Waals surface area contributed by atoms with Crippen LogP contribution in [-0.4, -0.2) is 112 Å². The zero-order valence-corrected chi connectivity index (χ0v) is 40.0. The number of methoxy groups -OCH3 is 2. The Bertz CT molecular complexity index is 2650. The van der Waals surface area contributed by atoms with E-state index < -0.39 is 11.2 Å². The molecule has 0 saturated carbocycles. The van der Waals surface area contributed by atoms with Gasteiger partial charge in [0, 0.05) is 60.8 Å². The molecule has 6 aromatic rings. The standard InChI is InChI=1S/C29H34N4O5.C20H26ClN3O4/c1-18-15-30-23-7-6-20(12-21(18)23)37-27-22-13-25(35-5)26(14-24(22)31-17-32-27)36-16-19-8-10-33(11-9-19)28(34)38-29(2,3)4;1-20(2,3)28-19(25)24-7-5-13(6-8-24)11-27-17-10-15-14(9-16(17)26-4)18(21)23-12-22-15/h6-7,12-15,17,19,30H,8-11,16H2,1-5H3;9-10,12-13H,5-8,11H2,1-4H3. The number of aryl methyl sites for hydroxylation is 1. The zero-order valence-electron chi connectivity index (χ0n) is 39.2. The molecule has 0 unspecified atom stereocenters. The molecule has 2 saturated heterocycles. The Hall–Kier alpha value is -6.29. The fourth-order valence-electron chi connectivity index (χ4n) is 7.75. The molecule has 2 amide bonds. The number of rotatable bonds is 10. The second-order valence-corrected chi connectivity index (χ2v) is 19.0. The molecule has 0 spiro atoms. The van der Waals surface area contributed by atoms with E-state index in [-0.39, 0.29) is 12.2 Å². The lowest BCUT2D eigenvalue weighted by molar-refractivity contribution is 0.0155.